The van der Waals surface area contributed by atoms with E-state index in [0.717, 1.165) is 11.3 Å². The number of halogens is 2. The normalized spacial score (nSPS) is 10.4. The molecular weight excluding hydrogens is 344 g/mol. The molecule has 2 rings (SSSR count). The SMILES string of the molecule is Cc1cccnc1CC(=O)c1ccc(F)cc1I. The van der Waals surface area contributed by atoms with Crippen molar-refractivity contribution < 1.29 is 9.18 Å². The highest BCUT2D eigenvalue weighted by molar-refractivity contribution is 14.1. The number of pyridine rings is 1. The zero-order chi connectivity index (χ0) is 13.1. The number of hydrogen-bond donors (Lipinski definition) is 0. The van der Waals surface area contributed by atoms with Crippen LogP contribution in [0.1, 0.15) is 21.6 Å². The first kappa shape index (κ1) is 13.1. The summed E-state index contributed by atoms with van der Waals surface area (Å²) in [6.07, 6.45) is 1.92. The minimum atomic E-state index is -0.329. The summed E-state index contributed by atoms with van der Waals surface area (Å²) in [6, 6.07) is 7.95. The fourth-order valence-electron chi connectivity index (χ4n) is 1.67. The van der Waals surface area contributed by atoms with E-state index in [-0.39, 0.29) is 18.0 Å². The average Bonchev–Trinajstić information content (AvgIpc) is 2.32. The Kier molecular flexibility index (Phi) is 4.06. The van der Waals surface area contributed by atoms with E-state index < -0.39 is 0 Å². The number of benzene rings is 1. The van der Waals surface area contributed by atoms with Crippen molar-refractivity contribution in [3.05, 3.63) is 62.7 Å². The molecule has 0 aliphatic carbocycles. The molecule has 0 bridgehead atoms. The maximum atomic E-state index is 13.0. The van der Waals surface area contributed by atoms with E-state index in [9.17, 15) is 9.18 Å². The Balaban J connectivity index is 2.25. The number of aromatic nitrogens is 1. The Morgan fingerprint density at radius 2 is 2.17 bits per heavy atom. The molecule has 4 heteroatoms. The van der Waals surface area contributed by atoms with Crippen LogP contribution in [0.2, 0.25) is 0 Å². The topological polar surface area (TPSA) is 30.0 Å². The van der Waals surface area contributed by atoms with Gasteiger partial charge < -0.3 is 0 Å². The zero-order valence-electron chi connectivity index (χ0n) is 9.78. The Bertz CT molecular complexity index is 598. The standard InChI is InChI=1S/C14H11FINO/c1-9-3-2-6-17-13(9)8-14(18)11-5-4-10(15)7-12(11)16/h2-7H,8H2,1H3. The second-order valence-corrected chi connectivity index (χ2v) is 5.15. The molecule has 1 aromatic carbocycles. The van der Waals surface area contributed by atoms with E-state index in [1.807, 2.05) is 41.6 Å². The fraction of sp³-hybridized carbons (Fsp3) is 0.143. The summed E-state index contributed by atoms with van der Waals surface area (Å²) in [7, 11) is 0. The molecular formula is C14H11FINO. The molecule has 0 radical (unpaired) electrons. The van der Waals surface area contributed by atoms with Crippen molar-refractivity contribution in [2.75, 3.05) is 0 Å². The molecule has 0 atom stereocenters. The highest BCUT2D eigenvalue weighted by Crippen LogP contribution is 2.17. The summed E-state index contributed by atoms with van der Waals surface area (Å²) >= 11 is 1.97. The van der Waals surface area contributed by atoms with E-state index in [1.54, 1.807) is 6.20 Å². The van der Waals surface area contributed by atoms with Crippen molar-refractivity contribution >= 4 is 28.4 Å². The van der Waals surface area contributed by atoms with Gasteiger partial charge in [-0.1, -0.05) is 6.07 Å². The average molecular weight is 355 g/mol. The lowest BCUT2D eigenvalue weighted by Gasteiger charge is -2.05. The first-order chi connectivity index (χ1) is 8.58. The van der Waals surface area contributed by atoms with Gasteiger partial charge in [-0.15, -0.1) is 0 Å². The van der Waals surface area contributed by atoms with Gasteiger partial charge in [-0.05, 0) is 59.3 Å². The maximum absolute atomic E-state index is 13.0. The van der Waals surface area contributed by atoms with Gasteiger partial charge in [-0.25, -0.2) is 4.39 Å². The van der Waals surface area contributed by atoms with E-state index >= 15 is 0 Å². The predicted molar refractivity (Wildman–Crippen MR) is 76.1 cm³/mol. The summed E-state index contributed by atoms with van der Waals surface area (Å²) in [4.78, 5) is 16.3. The Hall–Kier alpha value is -1.30. The van der Waals surface area contributed by atoms with Gasteiger partial charge >= 0.3 is 0 Å². The number of carbonyl (C=O) groups excluding carboxylic acids is 1. The minimum Gasteiger partial charge on any atom is -0.294 e. The smallest absolute Gasteiger partial charge is 0.169 e. The van der Waals surface area contributed by atoms with Crippen LogP contribution in [0.25, 0.3) is 0 Å². The Morgan fingerprint density at radius 1 is 1.39 bits per heavy atom. The summed E-state index contributed by atoms with van der Waals surface area (Å²) in [5.74, 6) is -0.369. The third-order valence-electron chi connectivity index (χ3n) is 2.68. The molecule has 0 spiro atoms. The molecule has 0 aliphatic rings. The zero-order valence-corrected chi connectivity index (χ0v) is 11.9. The van der Waals surface area contributed by atoms with Crippen molar-refractivity contribution in [1.82, 2.24) is 4.98 Å². The Labute approximate surface area is 118 Å². The van der Waals surface area contributed by atoms with Gasteiger partial charge in [0, 0.05) is 15.3 Å². The number of hydrogen-bond acceptors (Lipinski definition) is 2. The lowest BCUT2D eigenvalue weighted by atomic mass is 10.0. The molecule has 2 aromatic rings. The number of rotatable bonds is 3. The highest BCUT2D eigenvalue weighted by Gasteiger charge is 2.13. The molecule has 0 amide bonds. The van der Waals surface area contributed by atoms with E-state index in [1.165, 1.54) is 18.2 Å². The second kappa shape index (κ2) is 5.56. The van der Waals surface area contributed by atoms with E-state index in [4.69, 9.17) is 0 Å². The van der Waals surface area contributed by atoms with Gasteiger partial charge in [-0.2, -0.15) is 0 Å². The van der Waals surface area contributed by atoms with Gasteiger partial charge in [-0.3, -0.25) is 9.78 Å². The first-order valence-electron chi connectivity index (χ1n) is 5.46. The third-order valence-corrected chi connectivity index (χ3v) is 3.57. The predicted octanol–water partition coefficient (Wildman–Crippen LogP) is 3.56. The van der Waals surface area contributed by atoms with Gasteiger partial charge in [0.25, 0.3) is 0 Å². The lowest BCUT2D eigenvalue weighted by Crippen LogP contribution is -2.08. The molecule has 1 aromatic heterocycles. The molecule has 0 N–H and O–H groups in total. The molecule has 0 fully saturated rings. The van der Waals surface area contributed by atoms with Crippen molar-refractivity contribution in [2.24, 2.45) is 0 Å². The van der Waals surface area contributed by atoms with E-state index in [2.05, 4.69) is 4.98 Å². The lowest BCUT2D eigenvalue weighted by molar-refractivity contribution is 0.0991. The Morgan fingerprint density at radius 3 is 2.83 bits per heavy atom. The van der Waals surface area contributed by atoms with Crippen LogP contribution in [0.4, 0.5) is 4.39 Å². The molecule has 0 saturated heterocycles. The number of carbonyl (C=O) groups is 1. The monoisotopic (exact) mass is 355 g/mol. The van der Waals surface area contributed by atoms with Gasteiger partial charge in [0.15, 0.2) is 5.78 Å². The van der Waals surface area contributed by atoms with Crippen molar-refractivity contribution in [2.45, 2.75) is 13.3 Å². The van der Waals surface area contributed by atoms with Gasteiger partial charge in [0.1, 0.15) is 5.82 Å². The summed E-state index contributed by atoms with van der Waals surface area (Å²) < 4.78 is 13.6. The molecule has 0 unspecified atom stereocenters. The highest BCUT2D eigenvalue weighted by atomic mass is 127. The van der Waals surface area contributed by atoms with Gasteiger partial charge in [0.05, 0.1) is 12.1 Å². The van der Waals surface area contributed by atoms with Crippen LogP contribution in [-0.2, 0) is 6.42 Å². The van der Waals surface area contributed by atoms with Crippen molar-refractivity contribution in [3.8, 4) is 0 Å². The third kappa shape index (κ3) is 2.93. The molecule has 0 saturated carbocycles. The summed E-state index contributed by atoms with van der Waals surface area (Å²) in [5.41, 5.74) is 2.30. The van der Waals surface area contributed by atoms with Crippen molar-refractivity contribution in [1.29, 1.82) is 0 Å². The van der Waals surface area contributed by atoms with E-state index in [0.29, 0.717) is 9.13 Å². The summed E-state index contributed by atoms with van der Waals surface area (Å²) in [6.45, 7) is 1.92. The quantitative estimate of drug-likeness (QED) is 0.623. The second-order valence-electron chi connectivity index (χ2n) is 3.99. The molecule has 18 heavy (non-hydrogen) atoms. The fourth-order valence-corrected chi connectivity index (χ4v) is 2.44. The first-order valence-corrected chi connectivity index (χ1v) is 6.54. The molecule has 1 heterocycles. The largest absolute Gasteiger partial charge is 0.294 e. The molecule has 92 valence electrons. The van der Waals surface area contributed by atoms with Crippen LogP contribution in [0.15, 0.2) is 36.5 Å². The van der Waals surface area contributed by atoms with Crippen LogP contribution in [0.3, 0.4) is 0 Å². The molecule has 2 nitrogen and oxygen atoms in total. The van der Waals surface area contributed by atoms with Crippen molar-refractivity contribution in [3.63, 3.8) is 0 Å². The molecule has 0 aliphatic heterocycles. The number of ketones is 1. The number of nitrogens with zero attached hydrogens (tertiary/aromatic N) is 1. The van der Waals surface area contributed by atoms with Crippen LogP contribution in [-0.4, -0.2) is 10.8 Å². The van der Waals surface area contributed by atoms with Crippen LogP contribution >= 0.6 is 22.6 Å². The minimum absolute atomic E-state index is 0.0406. The van der Waals surface area contributed by atoms with Gasteiger partial charge in [0.2, 0.25) is 0 Å². The number of aryl methyl sites for hydroxylation is 1. The van der Waals surface area contributed by atoms with Crippen LogP contribution in [0, 0.1) is 16.3 Å². The van der Waals surface area contributed by atoms with Crippen LogP contribution in [0.5, 0.6) is 0 Å². The van der Waals surface area contributed by atoms with Crippen LogP contribution < -0.4 is 0 Å². The number of Topliss-reactive ketones (excluding diaryl/α,β-unsaturated/α-hetero) is 1. The summed E-state index contributed by atoms with van der Waals surface area (Å²) in [5, 5.41) is 0. The maximum Gasteiger partial charge on any atom is 0.169 e.